The Morgan fingerprint density at radius 2 is 2.05 bits per heavy atom. The molecule has 0 amide bonds. The molecule has 1 fully saturated rings. The maximum Gasteiger partial charge on any atom is 0.329 e. The zero-order valence-electron chi connectivity index (χ0n) is 11.1. The first kappa shape index (κ1) is 14.3. The molecular formula is C13H16N2O5. The molecular weight excluding hydrogens is 264 g/mol. The molecule has 108 valence electrons. The lowest BCUT2D eigenvalue weighted by molar-refractivity contribution is -0.384. The van der Waals surface area contributed by atoms with Gasteiger partial charge in [0.1, 0.15) is 5.54 Å². The zero-order chi connectivity index (χ0) is 14.8. The van der Waals surface area contributed by atoms with E-state index in [0.29, 0.717) is 37.3 Å². The van der Waals surface area contributed by atoms with Gasteiger partial charge in [0.2, 0.25) is 0 Å². The summed E-state index contributed by atoms with van der Waals surface area (Å²) in [4.78, 5) is 21.9. The molecule has 0 aromatic heterocycles. The summed E-state index contributed by atoms with van der Waals surface area (Å²) in [6, 6.07) is 4.50. The first-order valence-corrected chi connectivity index (χ1v) is 6.28. The quantitative estimate of drug-likeness (QED) is 0.645. The van der Waals surface area contributed by atoms with Crippen LogP contribution in [0.3, 0.4) is 0 Å². The van der Waals surface area contributed by atoms with E-state index in [1.54, 1.807) is 13.0 Å². The molecule has 0 aliphatic carbocycles. The van der Waals surface area contributed by atoms with Crippen LogP contribution in [-0.2, 0) is 9.53 Å². The number of anilines is 1. The number of hydrogen-bond donors (Lipinski definition) is 2. The summed E-state index contributed by atoms with van der Waals surface area (Å²) in [5.74, 6) is -0.968. The summed E-state index contributed by atoms with van der Waals surface area (Å²) in [7, 11) is 0. The van der Waals surface area contributed by atoms with Crippen molar-refractivity contribution in [3.05, 3.63) is 33.9 Å². The van der Waals surface area contributed by atoms with Crippen molar-refractivity contribution in [3.63, 3.8) is 0 Å². The molecule has 2 N–H and O–H groups in total. The number of carboxylic acids is 1. The number of carbonyl (C=O) groups is 1. The molecule has 1 aliphatic rings. The van der Waals surface area contributed by atoms with E-state index < -0.39 is 16.4 Å². The van der Waals surface area contributed by atoms with E-state index in [-0.39, 0.29) is 5.69 Å². The topological polar surface area (TPSA) is 102 Å². The van der Waals surface area contributed by atoms with Gasteiger partial charge in [0, 0.05) is 43.9 Å². The number of non-ortho nitro benzene ring substituents is 1. The van der Waals surface area contributed by atoms with Crippen LogP contribution in [0.2, 0.25) is 0 Å². The van der Waals surface area contributed by atoms with Gasteiger partial charge in [-0.3, -0.25) is 10.1 Å². The molecule has 1 aliphatic heterocycles. The van der Waals surface area contributed by atoms with Crippen LogP contribution in [0.4, 0.5) is 11.4 Å². The number of nitro benzene ring substituents is 1. The van der Waals surface area contributed by atoms with Gasteiger partial charge in [-0.15, -0.1) is 0 Å². The first-order valence-electron chi connectivity index (χ1n) is 6.28. The van der Waals surface area contributed by atoms with Crippen LogP contribution in [-0.4, -0.2) is 34.8 Å². The van der Waals surface area contributed by atoms with Gasteiger partial charge < -0.3 is 15.2 Å². The molecule has 0 atom stereocenters. The fraction of sp³-hybridized carbons (Fsp3) is 0.462. The number of nitrogens with zero attached hydrogens (tertiary/aromatic N) is 1. The third-order valence-electron chi connectivity index (χ3n) is 3.41. The van der Waals surface area contributed by atoms with Gasteiger partial charge in [-0.2, -0.15) is 0 Å². The molecule has 7 nitrogen and oxygen atoms in total. The summed E-state index contributed by atoms with van der Waals surface area (Å²) in [6.45, 7) is 2.44. The number of nitro groups is 1. The number of rotatable bonds is 4. The van der Waals surface area contributed by atoms with E-state index in [0.717, 1.165) is 0 Å². The minimum Gasteiger partial charge on any atom is -0.480 e. The maximum absolute atomic E-state index is 11.5. The van der Waals surface area contributed by atoms with Gasteiger partial charge in [0.15, 0.2) is 0 Å². The molecule has 1 aromatic carbocycles. The fourth-order valence-corrected chi connectivity index (χ4v) is 2.33. The fourth-order valence-electron chi connectivity index (χ4n) is 2.33. The molecule has 7 heteroatoms. The standard InChI is InChI=1S/C13H16N2O5/c1-9-6-10(8-11(7-9)15(18)19)14-13(12(16)17)2-4-20-5-3-13/h6-8,14H,2-5H2,1H3,(H,16,17). The summed E-state index contributed by atoms with van der Waals surface area (Å²) in [5.41, 5.74) is -0.0321. The van der Waals surface area contributed by atoms with E-state index in [4.69, 9.17) is 4.74 Å². The monoisotopic (exact) mass is 280 g/mol. The van der Waals surface area contributed by atoms with Crippen molar-refractivity contribution in [1.29, 1.82) is 0 Å². The number of carboxylic acid groups (broad SMARTS) is 1. The van der Waals surface area contributed by atoms with Crippen molar-refractivity contribution >= 4 is 17.3 Å². The van der Waals surface area contributed by atoms with Crippen molar-refractivity contribution in [3.8, 4) is 0 Å². The van der Waals surface area contributed by atoms with E-state index in [1.807, 2.05) is 0 Å². The average Bonchev–Trinajstić information content (AvgIpc) is 2.38. The Morgan fingerprint density at radius 1 is 1.40 bits per heavy atom. The maximum atomic E-state index is 11.5. The van der Waals surface area contributed by atoms with Gasteiger partial charge in [0.05, 0.1) is 4.92 Å². The second-order valence-corrected chi connectivity index (χ2v) is 4.94. The molecule has 0 saturated carbocycles. The molecule has 0 unspecified atom stereocenters. The number of nitrogens with one attached hydrogen (secondary N) is 1. The van der Waals surface area contributed by atoms with Crippen molar-refractivity contribution < 1.29 is 19.6 Å². The Labute approximate surface area is 115 Å². The van der Waals surface area contributed by atoms with E-state index in [1.165, 1.54) is 12.1 Å². The van der Waals surface area contributed by atoms with Crippen molar-refractivity contribution in [2.24, 2.45) is 0 Å². The number of hydrogen-bond acceptors (Lipinski definition) is 5. The Balaban J connectivity index is 2.31. The highest BCUT2D eigenvalue weighted by Crippen LogP contribution is 2.29. The lowest BCUT2D eigenvalue weighted by Crippen LogP contribution is -2.50. The van der Waals surface area contributed by atoms with Crippen molar-refractivity contribution in [2.45, 2.75) is 25.3 Å². The minimum atomic E-state index is -1.13. The second kappa shape index (κ2) is 5.46. The number of ether oxygens (including phenoxy) is 1. The Hall–Kier alpha value is -2.15. The highest BCUT2D eigenvalue weighted by molar-refractivity contribution is 5.83. The molecule has 0 radical (unpaired) electrons. The van der Waals surface area contributed by atoms with Gasteiger partial charge in [-0.25, -0.2) is 4.79 Å². The van der Waals surface area contributed by atoms with E-state index in [9.17, 15) is 20.0 Å². The number of aliphatic carboxylic acids is 1. The van der Waals surface area contributed by atoms with E-state index in [2.05, 4.69) is 5.32 Å². The van der Waals surface area contributed by atoms with Crippen LogP contribution in [0.25, 0.3) is 0 Å². The summed E-state index contributed by atoms with van der Waals surface area (Å²) in [5, 5.41) is 23.2. The van der Waals surface area contributed by atoms with Crippen LogP contribution in [0.15, 0.2) is 18.2 Å². The van der Waals surface area contributed by atoms with Crippen LogP contribution in [0.1, 0.15) is 18.4 Å². The molecule has 2 rings (SSSR count). The molecule has 1 heterocycles. The number of benzene rings is 1. The second-order valence-electron chi connectivity index (χ2n) is 4.94. The Morgan fingerprint density at radius 3 is 2.60 bits per heavy atom. The normalized spacial score (nSPS) is 17.4. The third-order valence-corrected chi connectivity index (χ3v) is 3.41. The largest absolute Gasteiger partial charge is 0.480 e. The first-order chi connectivity index (χ1) is 9.43. The number of aryl methyl sites for hydroxylation is 1. The van der Waals surface area contributed by atoms with Gasteiger partial charge in [-0.05, 0) is 18.6 Å². The molecule has 1 saturated heterocycles. The van der Waals surface area contributed by atoms with Crippen LogP contribution >= 0.6 is 0 Å². The summed E-state index contributed by atoms with van der Waals surface area (Å²) in [6.07, 6.45) is 0.647. The zero-order valence-corrected chi connectivity index (χ0v) is 11.1. The Kier molecular flexibility index (Phi) is 3.89. The smallest absolute Gasteiger partial charge is 0.329 e. The molecule has 0 bridgehead atoms. The van der Waals surface area contributed by atoms with Crippen LogP contribution in [0.5, 0.6) is 0 Å². The average molecular weight is 280 g/mol. The van der Waals surface area contributed by atoms with Crippen LogP contribution < -0.4 is 5.32 Å². The lowest BCUT2D eigenvalue weighted by Gasteiger charge is -2.34. The summed E-state index contributed by atoms with van der Waals surface area (Å²) < 4.78 is 5.19. The SMILES string of the molecule is Cc1cc(NC2(C(=O)O)CCOCC2)cc([N+](=O)[O-])c1. The Bertz CT molecular complexity index is 538. The molecule has 0 spiro atoms. The van der Waals surface area contributed by atoms with E-state index >= 15 is 0 Å². The van der Waals surface area contributed by atoms with Crippen molar-refractivity contribution in [1.82, 2.24) is 0 Å². The highest BCUT2D eigenvalue weighted by Gasteiger charge is 2.40. The van der Waals surface area contributed by atoms with Crippen LogP contribution in [0, 0.1) is 17.0 Å². The third kappa shape index (κ3) is 2.88. The summed E-state index contributed by atoms with van der Waals surface area (Å²) >= 11 is 0. The molecule has 20 heavy (non-hydrogen) atoms. The van der Waals surface area contributed by atoms with Gasteiger partial charge >= 0.3 is 5.97 Å². The minimum absolute atomic E-state index is 0.0555. The lowest BCUT2D eigenvalue weighted by atomic mass is 9.89. The van der Waals surface area contributed by atoms with Gasteiger partial charge in [-0.1, -0.05) is 0 Å². The van der Waals surface area contributed by atoms with Gasteiger partial charge in [0.25, 0.3) is 5.69 Å². The predicted octanol–water partition coefficient (Wildman–Crippen LogP) is 1.95. The van der Waals surface area contributed by atoms with Crippen molar-refractivity contribution in [2.75, 3.05) is 18.5 Å². The molecule has 1 aromatic rings. The highest BCUT2D eigenvalue weighted by atomic mass is 16.6. The predicted molar refractivity (Wildman–Crippen MR) is 71.9 cm³/mol.